The number of rotatable bonds is 6. The van der Waals surface area contributed by atoms with Crippen molar-refractivity contribution in [2.75, 3.05) is 26.9 Å². The number of benzene rings is 1. The van der Waals surface area contributed by atoms with Crippen LogP contribution in [0.25, 0.3) is 0 Å². The molecule has 1 aromatic carbocycles. The third-order valence-electron chi connectivity index (χ3n) is 7.62. The van der Waals surface area contributed by atoms with Gasteiger partial charge in [0.1, 0.15) is 0 Å². The van der Waals surface area contributed by atoms with Crippen molar-refractivity contribution in [1.29, 1.82) is 0 Å². The lowest BCUT2D eigenvalue weighted by Gasteiger charge is -2.37. The van der Waals surface area contributed by atoms with Gasteiger partial charge in [0.15, 0.2) is 0 Å². The first kappa shape index (κ1) is 25.0. The zero-order chi connectivity index (χ0) is 24.3. The van der Waals surface area contributed by atoms with Crippen molar-refractivity contribution in [1.82, 2.24) is 10.2 Å². The number of methoxy groups -OCH3 is 1. The molecule has 2 heterocycles. The number of hydrogen-bond acceptors (Lipinski definition) is 5. The summed E-state index contributed by atoms with van der Waals surface area (Å²) in [5, 5.41) is 3.68. The Morgan fingerprint density at radius 1 is 1.18 bits per heavy atom. The van der Waals surface area contributed by atoms with Gasteiger partial charge < -0.3 is 19.7 Å². The molecule has 2 atom stereocenters. The molecule has 1 unspecified atom stereocenters. The Kier molecular flexibility index (Phi) is 7.52. The SMILES string of the molecule is COC(=O)CC[C@]1(C(=O)N2CCc3ccc(C(F)(F)F)cc3C2)CCC(NC2CCOCC2)C1. The number of esters is 1. The van der Waals surface area contributed by atoms with Crippen molar-refractivity contribution >= 4 is 11.9 Å². The van der Waals surface area contributed by atoms with E-state index in [0.29, 0.717) is 43.8 Å². The van der Waals surface area contributed by atoms with Crippen LogP contribution in [0.15, 0.2) is 18.2 Å². The molecule has 34 heavy (non-hydrogen) atoms. The quantitative estimate of drug-likeness (QED) is 0.624. The van der Waals surface area contributed by atoms with E-state index in [4.69, 9.17) is 9.47 Å². The number of nitrogens with zero attached hydrogens (tertiary/aromatic N) is 1. The Balaban J connectivity index is 1.50. The number of ether oxygens (including phenoxy) is 2. The Bertz CT molecular complexity index is 901. The van der Waals surface area contributed by atoms with E-state index in [1.807, 2.05) is 0 Å². The van der Waals surface area contributed by atoms with Gasteiger partial charge in [0, 0.05) is 44.8 Å². The van der Waals surface area contributed by atoms with Crippen LogP contribution in [0.2, 0.25) is 0 Å². The molecule has 2 aliphatic heterocycles. The highest BCUT2D eigenvalue weighted by atomic mass is 19.4. The number of amides is 1. The van der Waals surface area contributed by atoms with Crippen LogP contribution in [-0.4, -0.2) is 55.7 Å². The molecule has 1 amide bonds. The molecular weight excluding hydrogens is 449 g/mol. The Labute approximate surface area is 198 Å². The summed E-state index contributed by atoms with van der Waals surface area (Å²) < 4.78 is 49.9. The third kappa shape index (κ3) is 5.57. The maximum absolute atomic E-state index is 13.9. The van der Waals surface area contributed by atoms with Crippen molar-refractivity contribution in [3.63, 3.8) is 0 Å². The minimum atomic E-state index is -4.42. The van der Waals surface area contributed by atoms with Crippen LogP contribution in [0, 0.1) is 5.41 Å². The smallest absolute Gasteiger partial charge is 0.416 e. The lowest BCUT2D eigenvalue weighted by Crippen LogP contribution is -2.47. The number of hydrogen-bond donors (Lipinski definition) is 1. The van der Waals surface area contributed by atoms with Gasteiger partial charge in [-0.1, -0.05) is 6.07 Å². The Hall–Kier alpha value is -2.13. The molecule has 0 radical (unpaired) electrons. The zero-order valence-corrected chi connectivity index (χ0v) is 19.6. The van der Waals surface area contributed by atoms with Gasteiger partial charge in [-0.25, -0.2) is 0 Å². The van der Waals surface area contributed by atoms with Gasteiger partial charge in [-0.15, -0.1) is 0 Å². The van der Waals surface area contributed by atoms with Crippen LogP contribution in [0.5, 0.6) is 0 Å². The van der Waals surface area contributed by atoms with E-state index in [1.165, 1.54) is 19.2 Å². The summed E-state index contributed by atoms with van der Waals surface area (Å²) >= 11 is 0. The monoisotopic (exact) mass is 482 g/mol. The van der Waals surface area contributed by atoms with E-state index in [-0.39, 0.29) is 30.9 Å². The predicted molar refractivity (Wildman–Crippen MR) is 119 cm³/mol. The van der Waals surface area contributed by atoms with Gasteiger partial charge in [-0.2, -0.15) is 13.2 Å². The standard InChI is InChI=1S/C25H33F3N2O4/c1-33-22(31)5-10-24(9-4-21(15-24)29-20-7-12-34-13-8-20)23(32)30-11-6-17-2-3-19(25(26,27)28)14-18(17)16-30/h2-3,14,20-21,29H,4-13,15-16H2,1H3/t21?,24-/m1/s1. The molecule has 188 valence electrons. The maximum Gasteiger partial charge on any atom is 0.416 e. The van der Waals surface area contributed by atoms with Crippen molar-refractivity contribution in [3.8, 4) is 0 Å². The van der Waals surface area contributed by atoms with E-state index in [1.54, 1.807) is 4.90 Å². The van der Waals surface area contributed by atoms with Crippen LogP contribution < -0.4 is 5.32 Å². The summed E-state index contributed by atoms with van der Waals surface area (Å²) in [7, 11) is 1.33. The van der Waals surface area contributed by atoms with Crippen LogP contribution in [0.4, 0.5) is 13.2 Å². The van der Waals surface area contributed by atoms with Gasteiger partial charge in [0.05, 0.1) is 18.1 Å². The summed E-state index contributed by atoms with van der Waals surface area (Å²) in [6.45, 7) is 2.08. The molecule has 4 rings (SSSR count). The van der Waals surface area contributed by atoms with Crippen molar-refractivity contribution in [2.45, 2.75) is 76.2 Å². The second kappa shape index (κ2) is 10.2. The molecular formula is C25H33F3N2O4. The highest BCUT2D eigenvalue weighted by Crippen LogP contribution is 2.45. The fourth-order valence-electron chi connectivity index (χ4n) is 5.68. The van der Waals surface area contributed by atoms with Gasteiger partial charge >= 0.3 is 12.1 Å². The number of nitrogens with one attached hydrogen (secondary N) is 1. The van der Waals surface area contributed by atoms with E-state index in [0.717, 1.165) is 44.1 Å². The summed E-state index contributed by atoms with van der Waals surface area (Å²) in [6, 6.07) is 4.32. The fourth-order valence-corrected chi connectivity index (χ4v) is 5.68. The fraction of sp³-hybridized carbons (Fsp3) is 0.680. The molecule has 2 fully saturated rings. The highest BCUT2D eigenvalue weighted by molar-refractivity contribution is 5.84. The Morgan fingerprint density at radius 2 is 1.94 bits per heavy atom. The van der Waals surface area contributed by atoms with Crippen LogP contribution in [0.1, 0.15) is 61.6 Å². The molecule has 0 spiro atoms. The topological polar surface area (TPSA) is 67.9 Å². The molecule has 1 saturated carbocycles. The summed E-state index contributed by atoms with van der Waals surface area (Å²) in [5.41, 5.74) is -0.00278. The second-order valence-electron chi connectivity index (χ2n) is 9.81. The molecule has 1 saturated heterocycles. The lowest BCUT2D eigenvalue weighted by atomic mass is 9.79. The maximum atomic E-state index is 13.9. The highest BCUT2D eigenvalue weighted by Gasteiger charge is 2.48. The average molecular weight is 483 g/mol. The van der Waals surface area contributed by atoms with Crippen LogP contribution >= 0.6 is 0 Å². The molecule has 1 aromatic rings. The predicted octanol–water partition coefficient (Wildman–Crippen LogP) is 3.85. The van der Waals surface area contributed by atoms with Gasteiger partial charge in [-0.3, -0.25) is 9.59 Å². The number of fused-ring (bicyclic) bond motifs is 1. The lowest BCUT2D eigenvalue weighted by molar-refractivity contribution is -0.146. The minimum Gasteiger partial charge on any atom is -0.469 e. The first-order valence-corrected chi connectivity index (χ1v) is 12.1. The Morgan fingerprint density at radius 3 is 2.65 bits per heavy atom. The minimum absolute atomic E-state index is 0.0595. The van der Waals surface area contributed by atoms with E-state index in [9.17, 15) is 22.8 Å². The molecule has 9 heteroatoms. The van der Waals surface area contributed by atoms with Crippen molar-refractivity contribution < 1.29 is 32.2 Å². The summed E-state index contributed by atoms with van der Waals surface area (Å²) in [5.74, 6) is -0.414. The summed E-state index contributed by atoms with van der Waals surface area (Å²) in [4.78, 5) is 27.5. The van der Waals surface area contributed by atoms with Gasteiger partial charge in [0.25, 0.3) is 0 Å². The molecule has 3 aliphatic rings. The number of halogens is 3. The molecule has 6 nitrogen and oxygen atoms in total. The van der Waals surface area contributed by atoms with Crippen molar-refractivity contribution in [2.24, 2.45) is 5.41 Å². The number of carbonyl (C=O) groups excluding carboxylic acids is 2. The molecule has 1 aliphatic carbocycles. The van der Waals surface area contributed by atoms with Gasteiger partial charge in [0.2, 0.25) is 5.91 Å². The van der Waals surface area contributed by atoms with Crippen LogP contribution in [-0.2, 0) is 38.2 Å². The first-order chi connectivity index (χ1) is 16.2. The second-order valence-corrected chi connectivity index (χ2v) is 9.81. The first-order valence-electron chi connectivity index (χ1n) is 12.1. The number of carbonyl (C=O) groups is 2. The third-order valence-corrected chi connectivity index (χ3v) is 7.62. The largest absolute Gasteiger partial charge is 0.469 e. The number of alkyl halides is 3. The van der Waals surface area contributed by atoms with E-state index >= 15 is 0 Å². The molecule has 0 aromatic heterocycles. The normalized spacial score (nSPS) is 25.8. The van der Waals surface area contributed by atoms with Crippen LogP contribution in [0.3, 0.4) is 0 Å². The van der Waals surface area contributed by atoms with E-state index in [2.05, 4.69) is 5.32 Å². The zero-order valence-electron chi connectivity index (χ0n) is 19.6. The van der Waals surface area contributed by atoms with Gasteiger partial charge in [-0.05, 0) is 68.2 Å². The van der Waals surface area contributed by atoms with Crippen molar-refractivity contribution in [3.05, 3.63) is 34.9 Å². The van der Waals surface area contributed by atoms with E-state index < -0.39 is 17.2 Å². The summed E-state index contributed by atoms with van der Waals surface area (Å²) in [6.07, 6.45) is 0.599. The average Bonchev–Trinajstić information content (AvgIpc) is 3.25. The molecule has 0 bridgehead atoms. The molecule has 1 N–H and O–H groups in total.